The summed E-state index contributed by atoms with van der Waals surface area (Å²) < 4.78 is 5.85. The summed E-state index contributed by atoms with van der Waals surface area (Å²) in [5.74, 6) is 2.28. The molecule has 0 aliphatic heterocycles. The number of unbranched alkanes of at least 4 members (excludes halogenated alkanes) is 1. The Kier molecular flexibility index (Phi) is 6.39. The molecule has 0 spiro atoms. The molecular formula is C18H24ClNO. The zero-order valence-corrected chi connectivity index (χ0v) is 13.5. The van der Waals surface area contributed by atoms with Gasteiger partial charge in [-0.2, -0.15) is 5.26 Å². The van der Waals surface area contributed by atoms with Crippen molar-refractivity contribution in [2.45, 2.75) is 51.9 Å². The third-order valence-corrected chi connectivity index (χ3v) is 4.76. The van der Waals surface area contributed by atoms with Crippen molar-refractivity contribution < 1.29 is 4.74 Å². The van der Waals surface area contributed by atoms with Gasteiger partial charge in [-0.05, 0) is 42.9 Å². The molecule has 1 aliphatic carbocycles. The van der Waals surface area contributed by atoms with Crippen LogP contribution >= 0.6 is 11.6 Å². The first-order chi connectivity index (χ1) is 10.2. The summed E-state index contributed by atoms with van der Waals surface area (Å²) in [5, 5.41) is 9.36. The minimum Gasteiger partial charge on any atom is -0.492 e. The molecule has 0 saturated heterocycles. The van der Waals surface area contributed by atoms with E-state index in [1.165, 1.54) is 44.9 Å². The molecule has 1 saturated carbocycles. The predicted octanol–water partition coefficient (Wildman–Crippen LogP) is 5.59. The van der Waals surface area contributed by atoms with Crippen molar-refractivity contribution in [2.24, 2.45) is 11.8 Å². The van der Waals surface area contributed by atoms with Crippen molar-refractivity contribution in [1.29, 1.82) is 5.26 Å². The number of nitrogens with zero attached hydrogens (tertiary/aromatic N) is 1. The minimum atomic E-state index is 0.533. The highest BCUT2D eigenvalue weighted by molar-refractivity contribution is 6.32. The normalized spacial score (nSPS) is 21.8. The molecule has 0 heterocycles. The van der Waals surface area contributed by atoms with E-state index in [0.29, 0.717) is 22.3 Å². The summed E-state index contributed by atoms with van der Waals surface area (Å²) in [4.78, 5) is 0. The van der Waals surface area contributed by atoms with Crippen LogP contribution in [0.15, 0.2) is 18.2 Å². The first-order valence-electron chi connectivity index (χ1n) is 8.05. The molecule has 0 aromatic heterocycles. The Bertz CT molecular complexity index is 486. The lowest BCUT2D eigenvalue weighted by molar-refractivity contribution is 0.178. The van der Waals surface area contributed by atoms with Crippen LogP contribution in [0, 0.1) is 23.2 Å². The van der Waals surface area contributed by atoms with Crippen molar-refractivity contribution in [3.8, 4) is 11.8 Å². The van der Waals surface area contributed by atoms with Gasteiger partial charge in [-0.3, -0.25) is 0 Å². The molecule has 2 nitrogen and oxygen atoms in total. The average molecular weight is 306 g/mol. The summed E-state index contributed by atoms with van der Waals surface area (Å²) in [6, 6.07) is 7.30. The van der Waals surface area contributed by atoms with E-state index in [1.54, 1.807) is 18.2 Å². The van der Waals surface area contributed by atoms with Gasteiger partial charge in [0.2, 0.25) is 0 Å². The van der Waals surface area contributed by atoms with Gasteiger partial charge in [0.1, 0.15) is 5.75 Å². The molecule has 0 N–H and O–H groups in total. The van der Waals surface area contributed by atoms with Crippen LogP contribution in [0.3, 0.4) is 0 Å². The van der Waals surface area contributed by atoms with Crippen molar-refractivity contribution in [3.05, 3.63) is 28.8 Å². The number of halogens is 1. The molecule has 1 fully saturated rings. The van der Waals surface area contributed by atoms with Gasteiger partial charge < -0.3 is 4.74 Å². The fourth-order valence-electron chi connectivity index (χ4n) is 3.07. The predicted molar refractivity (Wildman–Crippen MR) is 86.6 cm³/mol. The third-order valence-electron chi connectivity index (χ3n) is 4.47. The van der Waals surface area contributed by atoms with Crippen molar-refractivity contribution in [3.63, 3.8) is 0 Å². The maximum absolute atomic E-state index is 8.82. The molecule has 0 amide bonds. The third kappa shape index (κ3) is 4.93. The molecule has 0 radical (unpaired) electrons. The number of hydrogen-bond donors (Lipinski definition) is 0. The number of benzene rings is 1. The topological polar surface area (TPSA) is 33.0 Å². The Hall–Kier alpha value is -1.20. The second-order valence-corrected chi connectivity index (χ2v) is 6.50. The maximum Gasteiger partial charge on any atom is 0.137 e. The van der Waals surface area contributed by atoms with Crippen LogP contribution < -0.4 is 4.74 Å². The van der Waals surface area contributed by atoms with Crippen molar-refractivity contribution in [2.75, 3.05) is 6.61 Å². The van der Waals surface area contributed by atoms with Crippen LogP contribution in [0.2, 0.25) is 5.02 Å². The quantitative estimate of drug-likeness (QED) is 0.686. The van der Waals surface area contributed by atoms with Gasteiger partial charge in [0.15, 0.2) is 0 Å². The average Bonchev–Trinajstić information content (AvgIpc) is 2.52. The summed E-state index contributed by atoms with van der Waals surface area (Å²) in [6.45, 7) is 3.01. The van der Waals surface area contributed by atoms with Gasteiger partial charge >= 0.3 is 0 Å². The van der Waals surface area contributed by atoms with Crippen LogP contribution in [0.5, 0.6) is 5.75 Å². The Morgan fingerprint density at radius 3 is 2.57 bits per heavy atom. The Balaban J connectivity index is 1.76. The van der Waals surface area contributed by atoms with Gasteiger partial charge in [0.25, 0.3) is 0 Å². The minimum absolute atomic E-state index is 0.533. The van der Waals surface area contributed by atoms with Gasteiger partial charge in [0, 0.05) is 0 Å². The van der Waals surface area contributed by atoms with E-state index >= 15 is 0 Å². The Morgan fingerprint density at radius 2 is 1.95 bits per heavy atom. The molecule has 21 heavy (non-hydrogen) atoms. The van der Waals surface area contributed by atoms with Gasteiger partial charge in [-0.25, -0.2) is 0 Å². The second kappa shape index (κ2) is 8.29. The van der Waals surface area contributed by atoms with E-state index in [4.69, 9.17) is 21.6 Å². The zero-order chi connectivity index (χ0) is 15.1. The van der Waals surface area contributed by atoms with Crippen LogP contribution in [0.25, 0.3) is 0 Å². The molecule has 114 valence electrons. The summed E-state index contributed by atoms with van der Waals surface area (Å²) in [7, 11) is 0. The zero-order valence-electron chi connectivity index (χ0n) is 12.8. The highest BCUT2D eigenvalue weighted by Crippen LogP contribution is 2.33. The van der Waals surface area contributed by atoms with Crippen molar-refractivity contribution in [1.82, 2.24) is 0 Å². The molecule has 1 aromatic carbocycles. The monoisotopic (exact) mass is 305 g/mol. The number of rotatable bonds is 6. The second-order valence-electron chi connectivity index (χ2n) is 6.10. The molecule has 3 heteroatoms. The lowest BCUT2D eigenvalue weighted by atomic mass is 9.80. The summed E-state index contributed by atoms with van der Waals surface area (Å²) in [6.07, 6.45) is 9.28. The lowest BCUT2D eigenvalue weighted by Crippen LogP contribution is -2.20. The van der Waals surface area contributed by atoms with E-state index < -0.39 is 0 Å². The van der Waals surface area contributed by atoms with E-state index in [2.05, 4.69) is 13.0 Å². The lowest BCUT2D eigenvalue weighted by Gasteiger charge is -2.28. The standard InChI is InChI=1S/C18H24ClNO/c1-2-3-4-14-5-7-15(8-6-14)13-21-18-10-9-16(12-20)11-17(18)19/h9-11,14-15H,2-8,13H2,1H3. The van der Waals surface area contributed by atoms with Gasteiger partial charge in [-0.1, -0.05) is 50.6 Å². The fourth-order valence-corrected chi connectivity index (χ4v) is 3.31. The molecule has 0 unspecified atom stereocenters. The molecule has 1 aliphatic rings. The van der Waals surface area contributed by atoms with Crippen molar-refractivity contribution >= 4 is 11.6 Å². The SMILES string of the molecule is CCCCC1CCC(COc2ccc(C#N)cc2Cl)CC1. The Labute approximate surface area is 133 Å². The molecule has 0 bridgehead atoms. The van der Waals surface area contributed by atoms with Crippen LogP contribution in [0.4, 0.5) is 0 Å². The van der Waals surface area contributed by atoms with E-state index in [9.17, 15) is 0 Å². The van der Waals surface area contributed by atoms with E-state index in [1.807, 2.05) is 0 Å². The van der Waals surface area contributed by atoms with E-state index in [-0.39, 0.29) is 0 Å². The molecule has 1 aromatic rings. The van der Waals surface area contributed by atoms with Crippen LogP contribution in [-0.4, -0.2) is 6.61 Å². The molecular weight excluding hydrogens is 282 g/mol. The van der Waals surface area contributed by atoms with E-state index in [0.717, 1.165) is 12.5 Å². The number of nitriles is 1. The maximum atomic E-state index is 8.82. The fraction of sp³-hybridized carbons (Fsp3) is 0.611. The summed E-state index contributed by atoms with van der Waals surface area (Å²) >= 11 is 6.13. The largest absolute Gasteiger partial charge is 0.492 e. The highest BCUT2D eigenvalue weighted by atomic mass is 35.5. The van der Waals surface area contributed by atoms with Crippen LogP contribution in [0.1, 0.15) is 57.4 Å². The first-order valence-corrected chi connectivity index (χ1v) is 8.43. The Morgan fingerprint density at radius 1 is 1.24 bits per heavy atom. The molecule has 2 rings (SSSR count). The smallest absolute Gasteiger partial charge is 0.137 e. The first kappa shape index (κ1) is 16.2. The van der Waals surface area contributed by atoms with Crippen LogP contribution in [-0.2, 0) is 0 Å². The van der Waals surface area contributed by atoms with Gasteiger partial charge in [0.05, 0.1) is 23.3 Å². The number of hydrogen-bond acceptors (Lipinski definition) is 2. The van der Waals surface area contributed by atoms with Gasteiger partial charge in [-0.15, -0.1) is 0 Å². The number of ether oxygens (including phenoxy) is 1. The summed E-state index contributed by atoms with van der Waals surface area (Å²) in [5.41, 5.74) is 0.573. The highest BCUT2D eigenvalue weighted by Gasteiger charge is 2.21. The molecule has 0 atom stereocenters.